The first-order valence-electron chi connectivity index (χ1n) is 9.07. The van der Waals surface area contributed by atoms with Gasteiger partial charge in [-0.15, -0.1) is 0 Å². The number of benzene rings is 1. The molecular weight excluding hydrogens is 338 g/mol. The first-order chi connectivity index (χ1) is 12.0. The molecule has 0 saturated carbocycles. The molecule has 0 spiro atoms. The molecule has 25 heavy (non-hydrogen) atoms. The van der Waals surface area contributed by atoms with Crippen LogP contribution in [-0.4, -0.2) is 74.9 Å². The third-order valence-electron chi connectivity index (χ3n) is 5.99. The molecule has 3 saturated heterocycles. The molecule has 6 nitrogen and oxygen atoms in total. The molecule has 138 valence electrons. The minimum Gasteiger partial charge on any atom is -0.379 e. The van der Waals surface area contributed by atoms with Crippen molar-refractivity contribution in [1.82, 2.24) is 13.5 Å². The number of aryl methyl sites for hydroxylation is 1. The van der Waals surface area contributed by atoms with Gasteiger partial charge in [-0.3, -0.25) is 4.90 Å². The Morgan fingerprint density at radius 3 is 2.48 bits per heavy atom. The Bertz CT molecular complexity index is 733. The number of rotatable bonds is 3. The van der Waals surface area contributed by atoms with E-state index in [9.17, 15) is 8.42 Å². The molecule has 0 amide bonds. The van der Waals surface area contributed by atoms with E-state index in [0.29, 0.717) is 57.3 Å². The number of fused-ring (bicyclic) bond motifs is 1. The molecule has 0 unspecified atom stereocenters. The summed E-state index contributed by atoms with van der Waals surface area (Å²) in [6.07, 6.45) is 0. The molecule has 7 heteroatoms. The van der Waals surface area contributed by atoms with Crippen molar-refractivity contribution in [3.05, 3.63) is 35.4 Å². The van der Waals surface area contributed by atoms with Crippen LogP contribution in [0.2, 0.25) is 0 Å². The zero-order chi connectivity index (χ0) is 17.6. The number of morpholine rings is 1. The Balaban J connectivity index is 1.56. The lowest BCUT2D eigenvalue weighted by atomic mass is 9.88. The predicted molar refractivity (Wildman–Crippen MR) is 96.4 cm³/mol. The van der Waals surface area contributed by atoms with Gasteiger partial charge >= 0.3 is 0 Å². The van der Waals surface area contributed by atoms with Crippen molar-refractivity contribution < 1.29 is 13.2 Å². The molecule has 3 heterocycles. The summed E-state index contributed by atoms with van der Waals surface area (Å²) in [5.74, 6) is 0.771. The Morgan fingerprint density at radius 1 is 1.04 bits per heavy atom. The van der Waals surface area contributed by atoms with Gasteiger partial charge in [-0.05, 0) is 36.9 Å². The Labute approximate surface area is 150 Å². The second-order valence-electron chi connectivity index (χ2n) is 7.50. The third kappa shape index (κ3) is 3.02. The van der Waals surface area contributed by atoms with E-state index < -0.39 is 10.2 Å². The van der Waals surface area contributed by atoms with E-state index in [-0.39, 0.29) is 0 Å². The van der Waals surface area contributed by atoms with Crippen LogP contribution in [0.1, 0.15) is 17.2 Å². The fraction of sp³-hybridized carbons (Fsp3) is 0.667. The van der Waals surface area contributed by atoms with Crippen LogP contribution in [0, 0.1) is 18.8 Å². The van der Waals surface area contributed by atoms with Crippen LogP contribution in [-0.2, 0) is 14.9 Å². The van der Waals surface area contributed by atoms with Crippen molar-refractivity contribution >= 4 is 10.2 Å². The van der Waals surface area contributed by atoms with E-state index in [1.807, 2.05) is 0 Å². The molecule has 0 bridgehead atoms. The standard InChI is InChI=1S/C18H27N3O3S/c1-14-5-3-4-6-16(14)18-17-13-21(12-15(17)11-19(18)2)25(22,23)20-7-9-24-10-8-20/h3-6,15,17-18H,7-13H2,1-2H3/t15-,17+,18-/m0/s1. The van der Waals surface area contributed by atoms with E-state index in [1.54, 1.807) is 8.61 Å². The van der Waals surface area contributed by atoms with Crippen molar-refractivity contribution in [1.29, 1.82) is 0 Å². The Hall–Kier alpha value is -0.990. The fourth-order valence-corrected chi connectivity index (χ4v) is 6.41. The van der Waals surface area contributed by atoms with Gasteiger partial charge in [-0.2, -0.15) is 17.0 Å². The average Bonchev–Trinajstić information content (AvgIpc) is 3.14. The molecule has 0 N–H and O–H groups in total. The summed E-state index contributed by atoms with van der Waals surface area (Å²) < 4.78 is 34.6. The van der Waals surface area contributed by atoms with Gasteiger partial charge in [-0.25, -0.2) is 0 Å². The first-order valence-corrected chi connectivity index (χ1v) is 10.5. The molecule has 0 radical (unpaired) electrons. The number of likely N-dealkylation sites (tertiary alicyclic amines) is 1. The van der Waals surface area contributed by atoms with Crippen LogP contribution in [0.3, 0.4) is 0 Å². The zero-order valence-electron chi connectivity index (χ0n) is 15.0. The van der Waals surface area contributed by atoms with Gasteiger partial charge in [0.15, 0.2) is 0 Å². The van der Waals surface area contributed by atoms with Crippen LogP contribution in [0.25, 0.3) is 0 Å². The zero-order valence-corrected chi connectivity index (χ0v) is 15.8. The second kappa shape index (κ2) is 6.63. The van der Waals surface area contributed by atoms with Crippen LogP contribution < -0.4 is 0 Å². The molecule has 3 aliphatic rings. The van der Waals surface area contributed by atoms with Crippen molar-refractivity contribution in [3.8, 4) is 0 Å². The molecule has 1 aromatic carbocycles. The van der Waals surface area contributed by atoms with Crippen LogP contribution in [0.15, 0.2) is 24.3 Å². The summed E-state index contributed by atoms with van der Waals surface area (Å²) in [6.45, 7) is 6.28. The summed E-state index contributed by atoms with van der Waals surface area (Å²) >= 11 is 0. The largest absolute Gasteiger partial charge is 0.379 e. The van der Waals surface area contributed by atoms with Gasteiger partial charge in [0.25, 0.3) is 10.2 Å². The first kappa shape index (κ1) is 17.4. The molecule has 3 atom stereocenters. The van der Waals surface area contributed by atoms with Crippen LogP contribution in [0.4, 0.5) is 0 Å². The van der Waals surface area contributed by atoms with Gasteiger partial charge in [-0.1, -0.05) is 24.3 Å². The highest BCUT2D eigenvalue weighted by Crippen LogP contribution is 2.45. The maximum absolute atomic E-state index is 13.0. The van der Waals surface area contributed by atoms with Gasteiger partial charge in [0.1, 0.15) is 0 Å². The normalized spacial score (nSPS) is 32.2. The predicted octanol–water partition coefficient (Wildman–Crippen LogP) is 1.11. The molecule has 3 aliphatic heterocycles. The fourth-order valence-electron chi connectivity index (χ4n) is 4.73. The van der Waals surface area contributed by atoms with Crippen LogP contribution >= 0.6 is 0 Å². The van der Waals surface area contributed by atoms with E-state index in [1.165, 1.54) is 11.1 Å². The molecule has 1 aromatic rings. The quantitative estimate of drug-likeness (QED) is 0.805. The van der Waals surface area contributed by atoms with E-state index >= 15 is 0 Å². The van der Waals surface area contributed by atoms with Gasteiger partial charge < -0.3 is 4.74 Å². The van der Waals surface area contributed by atoms with Gasteiger partial charge in [0.05, 0.1) is 13.2 Å². The number of nitrogens with zero attached hydrogens (tertiary/aromatic N) is 3. The number of hydrogen-bond acceptors (Lipinski definition) is 4. The molecule has 0 aliphatic carbocycles. The Kier molecular flexibility index (Phi) is 4.62. The van der Waals surface area contributed by atoms with E-state index in [4.69, 9.17) is 4.74 Å². The topological polar surface area (TPSA) is 53.1 Å². The van der Waals surface area contributed by atoms with E-state index in [0.717, 1.165) is 6.54 Å². The van der Waals surface area contributed by atoms with Crippen LogP contribution in [0.5, 0.6) is 0 Å². The van der Waals surface area contributed by atoms with Crippen molar-refractivity contribution in [2.75, 3.05) is 53.0 Å². The number of ether oxygens (including phenoxy) is 1. The van der Waals surface area contributed by atoms with Crippen molar-refractivity contribution in [3.63, 3.8) is 0 Å². The second-order valence-corrected chi connectivity index (χ2v) is 9.43. The summed E-state index contributed by atoms with van der Waals surface area (Å²) in [6, 6.07) is 8.79. The SMILES string of the molecule is Cc1ccccc1[C@H]1[C@@H]2CN(S(=O)(=O)N3CCOCC3)C[C@@H]2CN1C. The average molecular weight is 365 g/mol. The molecule has 3 fully saturated rings. The Morgan fingerprint density at radius 2 is 1.76 bits per heavy atom. The van der Waals surface area contributed by atoms with Crippen molar-refractivity contribution in [2.45, 2.75) is 13.0 Å². The summed E-state index contributed by atoms with van der Waals surface area (Å²) in [7, 11) is -1.21. The lowest BCUT2D eigenvalue weighted by molar-refractivity contribution is 0.0703. The summed E-state index contributed by atoms with van der Waals surface area (Å²) in [5.41, 5.74) is 2.62. The highest BCUT2D eigenvalue weighted by atomic mass is 32.2. The minimum absolute atomic E-state index is 0.302. The monoisotopic (exact) mass is 365 g/mol. The summed E-state index contributed by atoms with van der Waals surface area (Å²) in [5, 5.41) is 0. The van der Waals surface area contributed by atoms with E-state index in [2.05, 4.69) is 43.1 Å². The lowest BCUT2D eigenvalue weighted by Crippen LogP contribution is -2.48. The van der Waals surface area contributed by atoms with Gasteiger partial charge in [0, 0.05) is 38.8 Å². The van der Waals surface area contributed by atoms with Gasteiger partial charge in [0.2, 0.25) is 0 Å². The molecular formula is C18H27N3O3S. The number of hydrogen-bond donors (Lipinski definition) is 0. The highest BCUT2D eigenvalue weighted by Gasteiger charge is 2.50. The molecule has 0 aromatic heterocycles. The minimum atomic E-state index is -3.37. The molecule has 4 rings (SSSR count). The highest BCUT2D eigenvalue weighted by molar-refractivity contribution is 7.86. The van der Waals surface area contributed by atoms with Crippen molar-refractivity contribution in [2.24, 2.45) is 11.8 Å². The lowest BCUT2D eigenvalue weighted by Gasteiger charge is -2.32. The third-order valence-corrected chi connectivity index (χ3v) is 7.96. The summed E-state index contributed by atoms with van der Waals surface area (Å²) in [4.78, 5) is 2.40. The smallest absolute Gasteiger partial charge is 0.282 e. The maximum Gasteiger partial charge on any atom is 0.282 e. The maximum atomic E-state index is 13.0.